The fourth-order valence-electron chi connectivity index (χ4n) is 2.85. The molecule has 0 radical (unpaired) electrons. The van der Waals surface area contributed by atoms with E-state index in [2.05, 4.69) is 35.4 Å². The summed E-state index contributed by atoms with van der Waals surface area (Å²) in [6, 6.07) is 9.83. The zero-order valence-corrected chi connectivity index (χ0v) is 12.6. The topological polar surface area (TPSA) is 61.2 Å². The molecule has 0 saturated carbocycles. The van der Waals surface area contributed by atoms with E-state index < -0.39 is 0 Å². The lowest BCUT2D eigenvalue weighted by molar-refractivity contribution is 0.0375. The van der Waals surface area contributed by atoms with Gasteiger partial charge in [0.1, 0.15) is 0 Å². The summed E-state index contributed by atoms with van der Waals surface area (Å²) in [5.74, 6) is 0. The summed E-state index contributed by atoms with van der Waals surface area (Å²) in [6.45, 7) is 10.00. The minimum absolute atomic E-state index is 0.101. The SMILES string of the molecule is C=CCN1C[C@@H](OCc2ccccc2)[C@@H](N=[N+]=[N-])C1(C)C. The number of nitrogens with zero attached hydrogens (tertiary/aromatic N) is 4. The smallest absolute Gasteiger partial charge is 0.0827 e. The minimum atomic E-state index is -0.234. The molecule has 0 aromatic heterocycles. The first-order valence-electron chi connectivity index (χ1n) is 7.15. The molecule has 21 heavy (non-hydrogen) atoms. The normalized spacial score (nSPS) is 24.5. The molecule has 0 N–H and O–H groups in total. The van der Waals surface area contributed by atoms with E-state index in [1.165, 1.54) is 0 Å². The van der Waals surface area contributed by atoms with Crippen molar-refractivity contribution in [3.63, 3.8) is 0 Å². The second-order valence-electron chi connectivity index (χ2n) is 5.83. The quantitative estimate of drug-likeness (QED) is 0.347. The van der Waals surface area contributed by atoms with Crippen molar-refractivity contribution in [3.05, 3.63) is 59.0 Å². The number of rotatable bonds is 6. The Kier molecular flexibility index (Phi) is 5.02. The third-order valence-corrected chi connectivity index (χ3v) is 4.12. The van der Waals surface area contributed by atoms with Crippen molar-refractivity contribution in [1.29, 1.82) is 0 Å². The summed E-state index contributed by atoms with van der Waals surface area (Å²) in [4.78, 5) is 5.25. The molecule has 112 valence electrons. The van der Waals surface area contributed by atoms with Gasteiger partial charge < -0.3 is 4.74 Å². The molecule has 0 amide bonds. The van der Waals surface area contributed by atoms with Gasteiger partial charge in [-0.3, -0.25) is 4.90 Å². The van der Waals surface area contributed by atoms with Gasteiger partial charge >= 0.3 is 0 Å². The van der Waals surface area contributed by atoms with E-state index in [-0.39, 0.29) is 17.7 Å². The van der Waals surface area contributed by atoms with E-state index in [1.54, 1.807) is 0 Å². The van der Waals surface area contributed by atoms with Crippen molar-refractivity contribution in [2.75, 3.05) is 13.1 Å². The second kappa shape index (κ2) is 6.76. The summed E-state index contributed by atoms with van der Waals surface area (Å²) >= 11 is 0. The summed E-state index contributed by atoms with van der Waals surface area (Å²) in [6.07, 6.45) is 1.77. The van der Waals surface area contributed by atoms with Gasteiger partial charge in [0, 0.05) is 23.5 Å². The Morgan fingerprint density at radius 1 is 1.48 bits per heavy atom. The molecule has 0 spiro atoms. The maximum Gasteiger partial charge on any atom is 0.0827 e. The Bertz CT molecular complexity index is 522. The van der Waals surface area contributed by atoms with Crippen LogP contribution in [-0.4, -0.2) is 35.7 Å². The summed E-state index contributed by atoms with van der Waals surface area (Å²) in [5, 5.41) is 3.98. The monoisotopic (exact) mass is 286 g/mol. The van der Waals surface area contributed by atoms with Crippen molar-refractivity contribution in [2.24, 2.45) is 5.11 Å². The lowest BCUT2D eigenvalue weighted by Crippen LogP contribution is -2.45. The maximum atomic E-state index is 8.84. The van der Waals surface area contributed by atoms with Gasteiger partial charge in [0.15, 0.2) is 0 Å². The van der Waals surface area contributed by atoms with Crippen LogP contribution < -0.4 is 0 Å². The Hall–Kier alpha value is -1.81. The molecule has 0 unspecified atom stereocenters. The van der Waals surface area contributed by atoms with Gasteiger partial charge in [-0.15, -0.1) is 6.58 Å². The van der Waals surface area contributed by atoms with Crippen LogP contribution in [-0.2, 0) is 11.3 Å². The Labute approximate surface area is 125 Å². The lowest BCUT2D eigenvalue weighted by atomic mass is 9.95. The molecule has 5 nitrogen and oxygen atoms in total. The van der Waals surface area contributed by atoms with Crippen molar-refractivity contribution in [1.82, 2.24) is 4.90 Å². The second-order valence-corrected chi connectivity index (χ2v) is 5.83. The highest BCUT2D eigenvalue weighted by Crippen LogP contribution is 2.33. The summed E-state index contributed by atoms with van der Waals surface area (Å²) in [7, 11) is 0. The number of azide groups is 1. The van der Waals surface area contributed by atoms with Crippen LogP contribution >= 0.6 is 0 Å². The molecular weight excluding hydrogens is 264 g/mol. The van der Waals surface area contributed by atoms with Gasteiger partial charge in [-0.1, -0.05) is 41.5 Å². The van der Waals surface area contributed by atoms with Gasteiger partial charge in [0.25, 0.3) is 0 Å². The van der Waals surface area contributed by atoms with Crippen molar-refractivity contribution in [3.8, 4) is 0 Å². The van der Waals surface area contributed by atoms with Crippen molar-refractivity contribution in [2.45, 2.75) is 38.1 Å². The largest absolute Gasteiger partial charge is 0.372 e. The standard InChI is InChI=1S/C16H22N4O/c1-4-10-20-11-14(15(18-19-17)16(20,2)3)21-12-13-8-6-5-7-9-13/h4-9,14-15H,1,10-12H2,2-3H3/t14-,15-/m1/s1. The number of hydrogen-bond donors (Lipinski definition) is 0. The third-order valence-electron chi connectivity index (χ3n) is 4.12. The maximum absolute atomic E-state index is 8.84. The number of ether oxygens (including phenoxy) is 1. The number of likely N-dealkylation sites (tertiary alicyclic amines) is 1. The van der Waals surface area contributed by atoms with Crippen LogP contribution in [0.25, 0.3) is 10.4 Å². The summed E-state index contributed by atoms with van der Waals surface area (Å²) < 4.78 is 6.03. The van der Waals surface area contributed by atoms with Gasteiger partial charge in [-0.25, -0.2) is 0 Å². The molecular formula is C16H22N4O. The third kappa shape index (κ3) is 3.45. The summed E-state index contributed by atoms with van der Waals surface area (Å²) in [5.41, 5.74) is 9.73. The molecule has 1 aliphatic rings. The fraction of sp³-hybridized carbons (Fsp3) is 0.500. The Morgan fingerprint density at radius 3 is 2.81 bits per heavy atom. The molecule has 5 heteroatoms. The average molecular weight is 286 g/mol. The van der Waals surface area contributed by atoms with E-state index in [9.17, 15) is 0 Å². The van der Waals surface area contributed by atoms with E-state index in [4.69, 9.17) is 10.3 Å². The lowest BCUT2D eigenvalue weighted by Gasteiger charge is -2.33. The zero-order valence-electron chi connectivity index (χ0n) is 12.6. The van der Waals surface area contributed by atoms with Crippen LogP contribution in [0.5, 0.6) is 0 Å². The molecule has 1 heterocycles. The molecule has 2 rings (SSSR count). The van der Waals surface area contributed by atoms with E-state index in [1.807, 2.05) is 36.4 Å². The highest BCUT2D eigenvalue weighted by Gasteiger charge is 2.47. The van der Waals surface area contributed by atoms with E-state index in [0.717, 1.165) is 18.7 Å². The molecule has 0 aliphatic carbocycles. The molecule has 1 aliphatic heterocycles. The fourth-order valence-corrected chi connectivity index (χ4v) is 2.85. The Morgan fingerprint density at radius 2 is 2.19 bits per heavy atom. The zero-order chi connectivity index (χ0) is 15.3. The predicted molar refractivity (Wildman–Crippen MR) is 83.8 cm³/mol. The van der Waals surface area contributed by atoms with Crippen LogP contribution in [0, 0.1) is 0 Å². The van der Waals surface area contributed by atoms with Crippen LogP contribution in [0.3, 0.4) is 0 Å². The number of benzene rings is 1. The van der Waals surface area contributed by atoms with Crippen molar-refractivity contribution >= 4 is 0 Å². The van der Waals surface area contributed by atoms with E-state index in [0.29, 0.717) is 6.61 Å². The minimum Gasteiger partial charge on any atom is -0.372 e. The van der Waals surface area contributed by atoms with Crippen LogP contribution in [0.2, 0.25) is 0 Å². The van der Waals surface area contributed by atoms with Gasteiger partial charge in [0.2, 0.25) is 0 Å². The van der Waals surface area contributed by atoms with Crippen LogP contribution in [0.1, 0.15) is 19.4 Å². The molecule has 1 saturated heterocycles. The van der Waals surface area contributed by atoms with E-state index >= 15 is 0 Å². The first-order chi connectivity index (χ1) is 10.1. The molecule has 2 atom stereocenters. The van der Waals surface area contributed by atoms with Gasteiger partial charge in [-0.05, 0) is 24.9 Å². The average Bonchev–Trinajstić information content (AvgIpc) is 2.71. The van der Waals surface area contributed by atoms with Gasteiger partial charge in [-0.2, -0.15) is 0 Å². The van der Waals surface area contributed by atoms with Crippen LogP contribution in [0.15, 0.2) is 48.1 Å². The number of hydrogen-bond acceptors (Lipinski definition) is 3. The van der Waals surface area contributed by atoms with Crippen molar-refractivity contribution < 1.29 is 4.74 Å². The van der Waals surface area contributed by atoms with Crippen LogP contribution in [0.4, 0.5) is 0 Å². The predicted octanol–water partition coefficient (Wildman–Crippen LogP) is 3.53. The molecule has 1 fully saturated rings. The first-order valence-corrected chi connectivity index (χ1v) is 7.15. The highest BCUT2D eigenvalue weighted by atomic mass is 16.5. The molecule has 0 bridgehead atoms. The molecule has 1 aromatic rings. The first kappa shape index (κ1) is 15.6. The van der Waals surface area contributed by atoms with Gasteiger partial charge in [0.05, 0.1) is 18.8 Å². The molecule has 1 aromatic carbocycles. The highest BCUT2D eigenvalue weighted by molar-refractivity contribution is 5.14. The Balaban J connectivity index is 2.10.